The molecule has 186 valence electrons. The van der Waals surface area contributed by atoms with Crippen molar-refractivity contribution in [1.82, 2.24) is 9.66 Å². The predicted octanol–water partition coefficient (Wildman–Crippen LogP) is 7.04. The standard InChI is InChI=1S/C27H24Br2FN3O3/c1-4-16(2)26-32-23-10-9-19(28)13-20(23)27(34)33(26)31-14-17-11-21(29)25(24(12-17)35-3)36-15-18-7-5-6-8-22(18)30/h5-14,16H,4,15H2,1-3H3/t16-/m1/s1. The number of hydrogen-bond donors (Lipinski definition) is 0. The number of rotatable bonds is 8. The van der Waals surface area contributed by atoms with Crippen LogP contribution in [0.3, 0.4) is 0 Å². The quantitative estimate of drug-likeness (QED) is 0.199. The van der Waals surface area contributed by atoms with Gasteiger partial charge in [0.2, 0.25) is 0 Å². The molecule has 0 spiro atoms. The Hall–Kier alpha value is -3.04. The van der Waals surface area contributed by atoms with Gasteiger partial charge in [0.1, 0.15) is 18.2 Å². The molecule has 36 heavy (non-hydrogen) atoms. The van der Waals surface area contributed by atoms with Gasteiger partial charge >= 0.3 is 0 Å². The summed E-state index contributed by atoms with van der Waals surface area (Å²) >= 11 is 6.94. The third-order valence-corrected chi connectivity index (χ3v) is 6.87. The van der Waals surface area contributed by atoms with E-state index >= 15 is 0 Å². The molecule has 0 fully saturated rings. The maximum absolute atomic E-state index is 14.0. The third kappa shape index (κ3) is 5.52. The Morgan fingerprint density at radius 1 is 1.17 bits per heavy atom. The Bertz CT molecular complexity index is 1500. The fraction of sp³-hybridized carbons (Fsp3) is 0.222. The van der Waals surface area contributed by atoms with E-state index in [0.717, 1.165) is 10.9 Å². The molecule has 0 radical (unpaired) electrons. The average molecular weight is 617 g/mol. The fourth-order valence-corrected chi connectivity index (χ4v) is 4.56. The SMILES string of the molecule is CC[C@@H](C)c1nc2ccc(Br)cc2c(=O)n1N=Cc1cc(Br)c(OCc2ccccc2F)c(OC)c1. The second-order valence-electron chi connectivity index (χ2n) is 8.22. The number of fused-ring (bicyclic) bond motifs is 1. The van der Waals surface area contributed by atoms with Gasteiger partial charge in [-0.05, 0) is 64.3 Å². The lowest BCUT2D eigenvalue weighted by Gasteiger charge is -2.15. The molecule has 0 saturated carbocycles. The number of aromatic nitrogens is 2. The zero-order valence-corrected chi connectivity index (χ0v) is 23.1. The summed E-state index contributed by atoms with van der Waals surface area (Å²) in [6, 6.07) is 15.4. The van der Waals surface area contributed by atoms with Crippen molar-refractivity contribution in [2.45, 2.75) is 32.8 Å². The number of methoxy groups -OCH3 is 1. The van der Waals surface area contributed by atoms with Gasteiger partial charge in [0.25, 0.3) is 5.56 Å². The summed E-state index contributed by atoms with van der Waals surface area (Å²) in [5.41, 5.74) is 1.49. The Morgan fingerprint density at radius 2 is 1.94 bits per heavy atom. The summed E-state index contributed by atoms with van der Waals surface area (Å²) in [6.07, 6.45) is 2.38. The van der Waals surface area contributed by atoms with Gasteiger partial charge in [-0.3, -0.25) is 4.79 Å². The van der Waals surface area contributed by atoms with E-state index in [4.69, 9.17) is 14.5 Å². The Balaban J connectivity index is 1.71. The Kier molecular flexibility index (Phi) is 8.21. The maximum atomic E-state index is 14.0. The molecule has 0 aliphatic heterocycles. The largest absolute Gasteiger partial charge is 0.493 e. The van der Waals surface area contributed by atoms with Crippen LogP contribution in [0, 0.1) is 5.82 Å². The third-order valence-electron chi connectivity index (χ3n) is 5.79. The van der Waals surface area contributed by atoms with Crippen molar-refractivity contribution in [2.24, 2.45) is 5.10 Å². The molecule has 0 N–H and O–H groups in total. The summed E-state index contributed by atoms with van der Waals surface area (Å²) in [7, 11) is 1.52. The van der Waals surface area contributed by atoms with E-state index in [0.29, 0.717) is 43.8 Å². The lowest BCUT2D eigenvalue weighted by Crippen LogP contribution is -2.23. The van der Waals surface area contributed by atoms with Crippen molar-refractivity contribution in [3.63, 3.8) is 0 Å². The highest BCUT2D eigenvalue weighted by Gasteiger charge is 2.16. The molecular formula is C27H24Br2FN3O3. The van der Waals surface area contributed by atoms with Crippen LogP contribution >= 0.6 is 31.9 Å². The van der Waals surface area contributed by atoms with Crippen molar-refractivity contribution in [2.75, 3.05) is 7.11 Å². The van der Waals surface area contributed by atoms with Crippen LogP contribution in [0.25, 0.3) is 10.9 Å². The first-order valence-corrected chi connectivity index (χ1v) is 12.9. The molecular weight excluding hydrogens is 593 g/mol. The van der Waals surface area contributed by atoms with Gasteiger partial charge in [0, 0.05) is 16.0 Å². The topological polar surface area (TPSA) is 65.7 Å². The molecule has 0 unspecified atom stereocenters. The molecule has 1 aromatic heterocycles. The van der Waals surface area contributed by atoms with Gasteiger partial charge in [-0.2, -0.15) is 9.78 Å². The van der Waals surface area contributed by atoms with E-state index in [2.05, 4.69) is 37.0 Å². The highest BCUT2D eigenvalue weighted by Crippen LogP contribution is 2.37. The van der Waals surface area contributed by atoms with E-state index in [9.17, 15) is 9.18 Å². The van der Waals surface area contributed by atoms with E-state index in [1.165, 1.54) is 17.9 Å². The molecule has 1 heterocycles. The summed E-state index contributed by atoms with van der Waals surface area (Å²) in [6.45, 7) is 4.10. The first kappa shape index (κ1) is 26.0. The van der Waals surface area contributed by atoms with Crippen molar-refractivity contribution in [3.05, 3.63) is 96.7 Å². The van der Waals surface area contributed by atoms with Gasteiger partial charge in [-0.25, -0.2) is 9.37 Å². The number of nitrogens with zero attached hydrogens (tertiary/aromatic N) is 3. The second-order valence-corrected chi connectivity index (χ2v) is 9.99. The number of hydrogen-bond acceptors (Lipinski definition) is 5. The van der Waals surface area contributed by atoms with Crippen LogP contribution in [-0.2, 0) is 6.61 Å². The minimum Gasteiger partial charge on any atom is -0.493 e. The number of benzene rings is 3. The zero-order chi connectivity index (χ0) is 25.8. The smallest absolute Gasteiger partial charge is 0.282 e. The molecule has 0 bridgehead atoms. The minimum absolute atomic E-state index is 0.0262. The van der Waals surface area contributed by atoms with Crippen LogP contribution in [0.1, 0.15) is 43.1 Å². The summed E-state index contributed by atoms with van der Waals surface area (Å²) in [4.78, 5) is 18.1. The van der Waals surface area contributed by atoms with Crippen LogP contribution in [0.5, 0.6) is 11.5 Å². The first-order valence-electron chi connectivity index (χ1n) is 11.3. The van der Waals surface area contributed by atoms with Crippen molar-refractivity contribution in [3.8, 4) is 11.5 Å². The molecule has 6 nitrogen and oxygen atoms in total. The van der Waals surface area contributed by atoms with E-state index in [-0.39, 0.29) is 23.9 Å². The van der Waals surface area contributed by atoms with Gasteiger partial charge < -0.3 is 9.47 Å². The summed E-state index contributed by atoms with van der Waals surface area (Å²) in [5, 5.41) is 4.99. The highest BCUT2D eigenvalue weighted by molar-refractivity contribution is 9.10. The zero-order valence-electron chi connectivity index (χ0n) is 20.0. The molecule has 4 aromatic rings. The van der Waals surface area contributed by atoms with Crippen LogP contribution in [0.4, 0.5) is 4.39 Å². The first-order chi connectivity index (χ1) is 17.3. The average Bonchev–Trinajstić information content (AvgIpc) is 2.87. The summed E-state index contributed by atoms with van der Waals surface area (Å²) < 4.78 is 28.1. The van der Waals surface area contributed by atoms with Crippen molar-refractivity contribution < 1.29 is 13.9 Å². The van der Waals surface area contributed by atoms with Crippen LogP contribution in [0.2, 0.25) is 0 Å². The number of ether oxygens (including phenoxy) is 2. The van der Waals surface area contributed by atoms with Gasteiger partial charge in [0.15, 0.2) is 11.5 Å². The monoisotopic (exact) mass is 615 g/mol. The normalized spacial score (nSPS) is 12.3. The minimum atomic E-state index is -0.338. The number of halogens is 3. The molecule has 1 atom stereocenters. The van der Waals surface area contributed by atoms with Crippen molar-refractivity contribution in [1.29, 1.82) is 0 Å². The maximum Gasteiger partial charge on any atom is 0.282 e. The Labute approximate surface area is 225 Å². The predicted molar refractivity (Wildman–Crippen MR) is 147 cm³/mol. The van der Waals surface area contributed by atoms with Crippen LogP contribution < -0.4 is 15.0 Å². The molecule has 9 heteroatoms. The highest BCUT2D eigenvalue weighted by atomic mass is 79.9. The summed E-state index contributed by atoms with van der Waals surface area (Å²) in [5.74, 6) is 1.16. The molecule has 0 saturated heterocycles. The molecule has 4 rings (SSSR count). The lowest BCUT2D eigenvalue weighted by atomic mass is 10.1. The van der Waals surface area contributed by atoms with Gasteiger partial charge in [0.05, 0.1) is 28.7 Å². The van der Waals surface area contributed by atoms with Crippen LogP contribution in [-0.4, -0.2) is 23.0 Å². The van der Waals surface area contributed by atoms with Gasteiger partial charge in [-0.1, -0.05) is 48.0 Å². The lowest BCUT2D eigenvalue weighted by molar-refractivity contribution is 0.278. The van der Waals surface area contributed by atoms with E-state index in [1.807, 2.05) is 26.0 Å². The Morgan fingerprint density at radius 3 is 2.67 bits per heavy atom. The van der Waals surface area contributed by atoms with Gasteiger partial charge in [-0.15, -0.1) is 0 Å². The van der Waals surface area contributed by atoms with Crippen molar-refractivity contribution >= 4 is 49.0 Å². The molecule has 0 amide bonds. The molecule has 0 aliphatic carbocycles. The molecule has 3 aromatic carbocycles. The van der Waals surface area contributed by atoms with E-state index in [1.54, 1.807) is 42.6 Å². The fourth-order valence-electron chi connectivity index (χ4n) is 3.62. The van der Waals surface area contributed by atoms with Crippen LogP contribution in [0.15, 0.2) is 73.4 Å². The second kappa shape index (κ2) is 11.3. The van der Waals surface area contributed by atoms with E-state index < -0.39 is 0 Å². The molecule has 0 aliphatic rings.